The van der Waals surface area contributed by atoms with Gasteiger partial charge in [0.1, 0.15) is 0 Å². The lowest BCUT2D eigenvalue weighted by Gasteiger charge is -2.26. The smallest absolute Gasteiger partial charge is 0.223 e. The van der Waals surface area contributed by atoms with Gasteiger partial charge in [0.2, 0.25) is 5.91 Å². The second kappa shape index (κ2) is 5.97. The van der Waals surface area contributed by atoms with Crippen molar-refractivity contribution in [3.8, 4) is 0 Å². The molecule has 0 spiro atoms. The van der Waals surface area contributed by atoms with Crippen molar-refractivity contribution in [1.29, 1.82) is 0 Å². The van der Waals surface area contributed by atoms with Crippen LogP contribution >= 0.6 is 0 Å². The maximum atomic E-state index is 11.7. The predicted molar refractivity (Wildman–Crippen MR) is 55.4 cm³/mol. The van der Waals surface area contributed by atoms with Crippen LogP contribution in [0.1, 0.15) is 34.1 Å². The van der Waals surface area contributed by atoms with Crippen molar-refractivity contribution in [1.82, 2.24) is 4.90 Å². The van der Waals surface area contributed by atoms with Gasteiger partial charge in [-0.15, -0.1) is 0 Å². The molecular weight excluding hydrogens is 164 g/mol. The normalized spacial score (nSPS) is 13.1. The van der Waals surface area contributed by atoms with Crippen LogP contribution in [0.2, 0.25) is 0 Å². The van der Waals surface area contributed by atoms with Crippen molar-refractivity contribution >= 4 is 5.91 Å². The maximum Gasteiger partial charge on any atom is 0.223 e. The standard InChI is InChI=1S/C10H22N2O/c1-5-12(8(2)3)10(13)6-9(4)7-11/h8-9H,5-7,11H2,1-4H3. The summed E-state index contributed by atoms with van der Waals surface area (Å²) >= 11 is 0. The lowest BCUT2D eigenvalue weighted by Crippen LogP contribution is -2.38. The third kappa shape index (κ3) is 4.27. The molecule has 0 aliphatic heterocycles. The van der Waals surface area contributed by atoms with Gasteiger partial charge < -0.3 is 10.6 Å². The Hall–Kier alpha value is -0.570. The zero-order valence-electron chi connectivity index (χ0n) is 9.21. The van der Waals surface area contributed by atoms with Gasteiger partial charge in [-0.05, 0) is 33.2 Å². The second-order valence-corrected chi connectivity index (χ2v) is 3.82. The van der Waals surface area contributed by atoms with E-state index in [2.05, 4.69) is 0 Å². The van der Waals surface area contributed by atoms with E-state index < -0.39 is 0 Å². The topological polar surface area (TPSA) is 46.3 Å². The van der Waals surface area contributed by atoms with E-state index in [0.717, 1.165) is 6.54 Å². The highest BCUT2D eigenvalue weighted by atomic mass is 16.2. The first-order chi connectivity index (χ1) is 6.02. The van der Waals surface area contributed by atoms with Crippen molar-refractivity contribution in [2.24, 2.45) is 11.7 Å². The molecule has 0 bridgehead atoms. The zero-order valence-corrected chi connectivity index (χ0v) is 9.21. The fraction of sp³-hybridized carbons (Fsp3) is 0.900. The van der Waals surface area contributed by atoms with Crippen LogP contribution in [-0.4, -0.2) is 29.9 Å². The van der Waals surface area contributed by atoms with Crippen molar-refractivity contribution < 1.29 is 4.79 Å². The Morgan fingerprint density at radius 3 is 2.23 bits per heavy atom. The number of carbonyl (C=O) groups excluding carboxylic acids is 1. The fourth-order valence-corrected chi connectivity index (χ4v) is 1.33. The number of nitrogens with two attached hydrogens (primary N) is 1. The molecule has 1 unspecified atom stereocenters. The number of hydrogen-bond acceptors (Lipinski definition) is 2. The molecule has 0 radical (unpaired) electrons. The second-order valence-electron chi connectivity index (χ2n) is 3.82. The highest BCUT2D eigenvalue weighted by Gasteiger charge is 2.16. The summed E-state index contributed by atoms with van der Waals surface area (Å²) in [6.45, 7) is 9.45. The number of amides is 1. The van der Waals surface area contributed by atoms with Crippen LogP contribution in [0.25, 0.3) is 0 Å². The molecule has 13 heavy (non-hydrogen) atoms. The molecule has 1 amide bonds. The molecule has 0 aliphatic rings. The summed E-state index contributed by atoms with van der Waals surface area (Å²) in [7, 11) is 0. The Bertz CT molecular complexity index is 157. The van der Waals surface area contributed by atoms with Crippen molar-refractivity contribution in [2.75, 3.05) is 13.1 Å². The Labute approximate surface area is 81.3 Å². The van der Waals surface area contributed by atoms with E-state index in [1.807, 2.05) is 32.6 Å². The quantitative estimate of drug-likeness (QED) is 0.702. The fourth-order valence-electron chi connectivity index (χ4n) is 1.33. The van der Waals surface area contributed by atoms with E-state index in [0.29, 0.717) is 24.9 Å². The van der Waals surface area contributed by atoms with Gasteiger partial charge in [-0.25, -0.2) is 0 Å². The molecule has 0 saturated carbocycles. The minimum absolute atomic E-state index is 0.218. The van der Waals surface area contributed by atoms with Gasteiger partial charge in [0.15, 0.2) is 0 Å². The zero-order chi connectivity index (χ0) is 10.4. The first-order valence-corrected chi connectivity index (χ1v) is 5.02. The Kier molecular flexibility index (Phi) is 5.71. The molecule has 0 aromatic carbocycles. The van der Waals surface area contributed by atoms with Gasteiger partial charge in [-0.1, -0.05) is 6.92 Å². The van der Waals surface area contributed by atoms with Crippen molar-refractivity contribution in [3.05, 3.63) is 0 Å². The van der Waals surface area contributed by atoms with Crippen LogP contribution in [-0.2, 0) is 4.79 Å². The Balaban J connectivity index is 4.06. The monoisotopic (exact) mass is 186 g/mol. The Morgan fingerprint density at radius 1 is 1.38 bits per heavy atom. The van der Waals surface area contributed by atoms with Crippen molar-refractivity contribution in [2.45, 2.75) is 40.2 Å². The van der Waals surface area contributed by atoms with Gasteiger partial charge in [0.05, 0.1) is 0 Å². The molecule has 0 saturated heterocycles. The third-order valence-corrected chi connectivity index (χ3v) is 2.21. The van der Waals surface area contributed by atoms with Gasteiger partial charge >= 0.3 is 0 Å². The van der Waals surface area contributed by atoms with E-state index in [-0.39, 0.29) is 5.91 Å². The number of rotatable bonds is 5. The van der Waals surface area contributed by atoms with Gasteiger partial charge in [0, 0.05) is 19.0 Å². The van der Waals surface area contributed by atoms with Crippen LogP contribution in [0, 0.1) is 5.92 Å². The molecule has 3 heteroatoms. The van der Waals surface area contributed by atoms with Gasteiger partial charge in [0.25, 0.3) is 0 Å². The average Bonchev–Trinajstić information content (AvgIpc) is 2.04. The number of hydrogen-bond donors (Lipinski definition) is 1. The first-order valence-electron chi connectivity index (χ1n) is 5.02. The van der Waals surface area contributed by atoms with Gasteiger partial charge in [-0.3, -0.25) is 4.79 Å². The first kappa shape index (κ1) is 12.4. The van der Waals surface area contributed by atoms with Gasteiger partial charge in [-0.2, -0.15) is 0 Å². The Morgan fingerprint density at radius 2 is 1.92 bits per heavy atom. The predicted octanol–water partition coefficient (Wildman–Crippen LogP) is 1.23. The summed E-state index contributed by atoms with van der Waals surface area (Å²) in [6, 6.07) is 0.294. The van der Waals surface area contributed by atoms with Crippen LogP contribution < -0.4 is 5.73 Å². The summed E-state index contributed by atoms with van der Waals surface area (Å²) in [5, 5.41) is 0. The molecule has 0 rings (SSSR count). The van der Waals surface area contributed by atoms with Crippen LogP contribution in [0.15, 0.2) is 0 Å². The highest BCUT2D eigenvalue weighted by Crippen LogP contribution is 2.06. The van der Waals surface area contributed by atoms with Crippen LogP contribution in [0.3, 0.4) is 0 Å². The van der Waals surface area contributed by atoms with E-state index in [1.54, 1.807) is 0 Å². The molecule has 3 nitrogen and oxygen atoms in total. The van der Waals surface area contributed by atoms with E-state index >= 15 is 0 Å². The highest BCUT2D eigenvalue weighted by molar-refractivity contribution is 5.76. The molecule has 0 aromatic rings. The minimum atomic E-state index is 0.218. The van der Waals surface area contributed by atoms with Crippen LogP contribution in [0.5, 0.6) is 0 Å². The SMILES string of the molecule is CCN(C(=O)CC(C)CN)C(C)C. The van der Waals surface area contributed by atoms with Crippen molar-refractivity contribution in [3.63, 3.8) is 0 Å². The molecule has 0 fully saturated rings. The minimum Gasteiger partial charge on any atom is -0.341 e. The number of carbonyl (C=O) groups is 1. The molecule has 2 N–H and O–H groups in total. The van der Waals surface area contributed by atoms with E-state index in [1.165, 1.54) is 0 Å². The molecule has 0 aliphatic carbocycles. The summed E-state index contributed by atoms with van der Waals surface area (Å²) in [5.41, 5.74) is 5.47. The summed E-state index contributed by atoms with van der Waals surface area (Å²) in [6.07, 6.45) is 0.572. The molecule has 0 aromatic heterocycles. The molecular formula is C10H22N2O. The largest absolute Gasteiger partial charge is 0.341 e. The lowest BCUT2D eigenvalue weighted by molar-refractivity contribution is -0.133. The average molecular weight is 186 g/mol. The number of nitrogens with zero attached hydrogens (tertiary/aromatic N) is 1. The van der Waals surface area contributed by atoms with E-state index in [4.69, 9.17) is 5.73 Å². The summed E-state index contributed by atoms with van der Waals surface area (Å²) in [5.74, 6) is 0.510. The summed E-state index contributed by atoms with van der Waals surface area (Å²) < 4.78 is 0. The third-order valence-electron chi connectivity index (χ3n) is 2.21. The summed E-state index contributed by atoms with van der Waals surface area (Å²) in [4.78, 5) is 13.5. The molecule has 0 heterocycles. The lowest BCUT2D eigenvalue weighted by atomic mass is 10.1. The maximum absolute atomic E-state index is 11.7. The van der Waals surface area contributed by atoms with Crippen LogP contribution in [0.4, 0.5) is 0 Å². The van der Waals surface area contributed by atoms with E-state index in [9.17, 15) is 4.79 Å². The molecule has 78 valence electrons. The molecule has 1 atom stereocenters.